The zero-order valence-corrected chi connectivity index (χ0v) is 12.5. The summed E-state index contributed by atoms with van der Waals surface area (Å²) in [6, 6.07) is 7.88. The smallest absolute Gasteiger partial charge is 0.317 e. The van der Waals surface area contributed by atoms with E-state index in [0.717, 1.165) is 30.5 Å². The highest BCUT2D eigenvalue weighted by atomic mass is 16.5. The molecule has 0 aliphatic carbocycles. The Labute approximate surface area is 125 Å². The van der Waals surface area contributed by atoms with Crippen molar-refractivity contribution in [3.05, 3.63) is 35.4 Å². The Morgan fingerprint density at radius 1 is 1.43 bits per heavy atom. The van der Waals surface area contributed by atoms with E-state index in [9.17, 15) is 9.90 Å². The molecule has 1 fully saturated rings. The average molecular weight is 292 g/mol. The first-order chi connectivity index (χ1) is 10.2. The molecule has 1 aliphatic heterocycles. The van der Waals surface area contributed by atoms with Crippen LogP contribution in [-0.4, -0.2) is 42.8 Å². The minimum atomic E-state index is -0.0552. The number of rotatable bonds is 5. The molecule has 0 aromatic heterocycles. The molecular formula is C16H24N2O3. The van der Waals surface area contributed by atoms with Gasteiger partial charge in [0.25, 0.3) is 0 Å². The summed E-state index contributed by atoms with van der Waals surface area (Å²) in [5.41, 5.74) is 2.16. The van der Waals surface area contributed by atoms with Gasteiger partial charge in [-0.1, -0.05) is 24.3 Å². The Balaban J connectivity index is 1.89. The number of aliphatic hydroxyl groups is 1. The van der Waals surface area contributed by atoms with Gasteiger partial charge in [-0.25, -0.2) is 4.79 Å². The number of amides is 2. The molecule has 2 rings (SSSR count). The third kappa shape index (κ3) is 4.44. The molecule has 1 aromatic rings. The number of nitrogens with zero attached hydrogens (tertiary/aromatic N) is 1. The van der Waals surface area contributed by atoms with Crippen molar-refractivity contribution in [1.82, 2.24) is 10.2 Å². The van der Waals surface area contributed by atoms with E-state index < -0.39 is 0 Å². The van der Waals surface area contributed by atoms with Crippen molar-refractivity contribution in [2.75, 3.05) is 26.8 Å². The van der Waals surface area contributed by atoms with Gasteiger partial charge in [0.15, 0.2) is 0 Å². The standard InChI is InChI=1S/C16H24N2O3/c1-21-12-15-7-3-2-6-14(15)9-17-16(20)18-8-4-5-13(10-18)11-19/h2-3,6-7,13,19H,4-5,8-12H2,1H3,(H,17,20). The highest BCUT2D eigenvalue weighted by Crippen LogP contribution is 2.16. The van der Waals surface area contributed by atoms with Gasteiger partial charge < -0.3 is 20.1 Å². The third-order valence-corrected chi connectivity index (χ3v) is 3.91. The normalized spacial score (nSPS) is 18.6. The van der Waals surface area contributed by atoms with Crippen LogP contribution in [-0.2, 0) is 17.9 Å². The zero-order valence-electron chi connectivity index (χ0n) is 12.5. The van der Waals surface area contributed by atoms with Gasteiger partial charge in [0.05, 0.1) is 6.61 Å². The van der Waals surface area contributed by atoms with E-state index in [1.54, 1.807) is 12.0 Å². The number of aliphatic hydroxyl groups excluding tert-OH is 1. The zero-order chi connectivity index (χ0) is 15.1. The number of urea groups is 1. The lowest BCUT2D eigenvalue weighted by Gasteiger charge is -2.31. The highest BCUT2D eigenvalue weighted by molar-refractivity contribution is 5.74. The van der Waals surface area contributed by atoms with Gasteiger partial charge in [0.2, 0.25) is 0 Å². The van der Waals surface area contributed by atoms with Crippen LogP contribution in [0.15, 0.2) is 24.3 Å². The van der Waals surface area contributed by atoms with Gasteiger partial charge in [-0.2, -0.15) is 0 Å². The minimum absolute atomic E-state index is 0.0552. The summed E-state index contributed by atoms with van der Waals surface area (Å²) < 4.78 is 5.17. The predicted octanol–water partition coefficient (Wildman–Crippen LogP) is 1.75. The monoisotopic (exact) mass is 292 g/mol. The lowest BCUT2D eigenvalue weighted by atomic mass is 9.99. The van der Waals surface area contributed by atoms with Gasteiger partial charge in [-0.05, 0) is 29.9 Å². The van der Waals surface area contributed by atoms with Crippen LogP contribution in [0.1, 0.15) is 24.0 Å². The molecule has 1 atom stereocenters. The van der Waals surface area contributed by atoms with Crippen LogP contribution >= 0.6 is 0 Å². The summed E-state index contributed by atoms with van der Waals surface area (Å²) in [5.74, 6) is 0.213. The maximum absolute atomic E-state index is 12.2. The van der Waals surface area contributed by atoms with Crippen molar-refractivity contribution in [2.45, 2.75) is 26.0 Å². The number of likely N-dealkylation sites (tertiary alicyclic amines) is 1. The third-order valence-electron chi connectivity index (χ3n) is 3.91. The van der Waals surface area contributed by atoms with Crippen molar-refractivity contribution in [3.8, 4) is 0 Å². The lowest BCUT2D eigenvalue weighted by Crippen LogP contribution is -2.46. The number of piperidine rings is 1. The van der Waals surface area contributed by atoms with Gasteiger partial charge >= 0.3 is 6.03 Å². The van der Waals surface area contributed by atoms with E-state index in [1.807, 2.05) is 24.3 Å². The summed E-state index contributed by atoms with van der Waals surface area (Å²) in [7, 11) is 1.66. The molecule has 5 heteroatoms. The Kier molecular flexibility index (Phi) is 6.02. The van der Waals surface area contributed by atoms with Gasteiger partial charge in [0.1, 0.15) is 0 Å². The molecule has 0 bridgehead atoms. The number of ether oxygens (including phenoxy) is 1. The molecule has 1 saturated heterocycles. The maximum Gasteiger partial charge on any atom is 0.317 e. The lowest BCUT2D eigenvalue weighted by molar-refractivity contribution is 0.129. The Hall–Kier alpha value is -1.59. The molecule has 0 saturated carbocycles. The average Bonchev–Trinajstić information content (AvgIpc) is 2.54. The fourth-order valence-corrected chi connectivity index (χ4v) is 2.71. The molecule has 2 N–H and O–H groups in total. The van der Waals surface area contributed by atoms with Crippen LogP contribution in [0.25, 0.3) is 0 Å². The molecule has 1 heterocycles. The fourth-order valence-electron chi connectivity index (χ4n) is 2.71. The van der Waals surface area contributed by atoms with E-state index in [1.165, 1.54) is 0 Å². The van der Waals surface area contributed by atoms with Crippen molar-refractivity contribution in [2.24, 2.45) is 5.92 Å². The summed E-state index contributed by atoms with van der Waals surface area (Å²) in [6.07, 6.45) is 1.95. The molecule has 5 nitrogen and oxygen atoms in total. The minimum Gasteiger partial charge on any atom is -0.396 e. The van der Waals surface area contributed by atoms with Crippen LogP contribution in [0, 0.1) is 5.92 Å². The number of carbonyl (C=O) groups is 1. The van der Waals surface area contributed by atoms with Crippen molar-refractivity contribution in [1.29, 1.82) is 0 Å². The quantitative estimate of drug-likeness (QED) is 0.869. The summed E-state index contributed by atoms with van der Waals surface area (Å²) in [5, 5.41) is 12.2. The molecule has 1 aliphatic rings. The Morgan fingerprint density at radius 3 is 2.90 bits per heavy atom. The van der Waals surface area contributed by atoms with Crippen LogP contribution < -0.4 is 5.32 Å². The number of hydrogen-bond acceptors (Lipinski definition) is 3. The molecular weight excluding hydrogens is 268 g/mol. The van der Waals surface area contributed by atoms with E-state index in [4.69, 9.17) is 4.74 Å². The number of carbonyl (C=O) groups excluding carboxylic acids is 1. The predicted molar refractivity (Wildman–Crippen MR) is 80.8 cm³/mol. The van der Waals surface area contributed by atoms with E-state index in [-0.39, 0.29) is 18.6 Å². The summed E-state index contributed by atoms with van der Waals surface area (Å²) in [4.78, 5) is 14.0. The summed E-state index contributed by atoms with van der Waals surface area (Å²) >= 11 is 0. The second kappa shape index (κ2) is 8.00. The first-order valence-corrected chi connectivity index (χ1v) is 7.44. The van der Waals surface area contributed by atoms with Crippen LogP contribution in [0.3, 0.4) is 0 Å². The molecule has 0 spiro atoms. The van der Waals surface area contributed by atoms with E-state index in [0.29, 0.717) is 19.7 Å². The second-order valence-corrected chi connectivity index (χ2v) is 5.50. The number of nitrogens with one attached hydrogen (secondary N) is 1. The number of hydrogen-bond donors (Lipinski definition) is 2. The first kappa shape index (κ1) is 15.8. The SMILES string of the molecule is COCc1ccccc1CNC(=O)N1CCCC(CO)C1. The van der Waals surface area contributed by atoms with Gasteiger partial charge in [0, 0.05) is 33.4 Å². The van der Waals surface area contributed by atoms with Crippen molar-refractivity contribution >= 4 is 6.03 Å². The Bertz CT molecular complexity index is 465. The van der Waals surface area contributed by atoms with Crippen molar-refractivity contribution < 1.29 is 14.6 Å². The largest absolute Gasteiger partial charge is 0.396 e. The fraction of sp³-hybridized carbons (Fsp3) is 0.562. The van der Waals surface area contributed by atoms with Gasteiger partial charge in [-0.15, -0.1) is 0 Å². The Morgan fingerprint density at radius 2 is 2.19 bits per heavy atom. The maximum atomic E-state index is 12.2. The molecule has 21 heavy (non-hydrogen) atoms. The molecule has 2 amide bonds. The van der Waals surface area contributed by atoms with Gasteiger partial charge in [-0.3, -0.25) is 0 Å². The van der Waals surface area contributed by atoms with E-state index in [2.05, 4.69) is 5.32 Å². The highest BCUT2D eigenvalue weighted by Gasteiger charge is 2.22. The number of methoxy groups -OCH3 is 1. The molecule has 1 unspecified atom stereocenters. The molecule has 0 radical (unpaired) electrons. The van der Waals surface area contributed by atoms with Crippen LogP contribution in [0.5, 0.6) is 0 Å². The molecule has 116 valence electrons. The topological polar surface area (TPSA) is 61.8 Å². The molecule has 1 aromatic carbocycles. The second-order valence-electron chi connectivity index (χ2n) is 5.50. The summed E-state index contributed by atoms with van der Waals surface area (Å²) in [6.45, 7) is 2.60. The van der Waals surface area contributed by atoms with Crippen LogP contribution in [0.2, 0.25) is 0 Å². The van der Waals surface area contributed by atoms with Crippen molar-refractivity contribution in [3.63, 3.8) is 0 Å². The first-order valence-electron chi connectivity index (χ1n) is 7.44. The van der Waals surface area contributed by atoms with Crippen LogP contribution in [0.4, 0.5) is 4.79 Å². The van der Waals surface area contributed by atoms with E-state index >= 15 is 0 Å². The number of benzene rings is 1.